The van der Waals surface area contributed by atoms with Gasteiger partial charge in [-0.25, -0.2) is 4.39 Å². The molecule has 0 spiro atoms. The normalized spacial score (nSPS) is 11.8. The van der Waals surface area contributed by atoms with Gasteiger partial charge in [0.05, 0.1) is 13.7 Å². The van der Waals surface area contributed by atoms with Gasteiger partial charge in [0.15, 0.2) is 29.1 Å². The summed E-state index contributed by atoms with van der Waals surface area (Å²) in [6.07, 6.45) is -0.721. The van der Waals surface area contributed by atoms with Crippen molar-refractivity contribution in [3.8, 4) is 28.8 Å². The fraction of sp³-hybridized carbons (Fsp3) is 0.250. The minimum atomic E-state index is -0.721. The molecule has 10 heteroatoms. The Hall–Kier alpha value is -4.21. The molecule has 0 saturated carbocycles. The first-order chi connectivity index (χ1) is 16.4. The molecule has 0 bridgehead atoms. The molecule has 1 amide bonds. The second kappa shape index (κ2) is 10.2. The summed E-state index contributed by atoms with van der Waals surface area (Å²) in [5, 5.41) is 15.4. The topological polar surface area (TPSA) is 99.9 Å². The van der Waals surface area contributed by atoms with E-state index in [2.05, 4.69) is 20.6 Å². The van der Waals surface area contributed by atoms with E-state index >= 15 is 0 Å². The van der Waals surface area contributed by atoms with Crippen molar-refractivity contribution in [3.05, 3.63) is 66.0 Å². The van der Waals surface area contributed by atoms with Crippen LogP contribution in [0.3, 0.4) is 0 Å². The number of benzene rings is 2. The van der Waals surface area contributed by atoms with Gasteiger partial charge in [0, 0.05) is 11.6 Å². The lowest BCUT2D eigenvalue weighted by molar-refractivity contribution is -0.127. The fourth-order valence-corrected chi connectivity index (χ4v) is 3.22. The number of aromatic nitrogens is 4. The second-order valence-electron chi connectivity index (χ2n) is 7.53. The number of fused-ring (bicyclic) bond motifs is 1. The highest BCUT2D eigenvalue weighted by molar-refractivity contribution is 5.80. The Morgan fingerprint density at radius 3 is 2.65 bits per heavy atom. The number of rotatable bonds is 9. The quantitative estimate of drug-likeness (QED) is 0.379. The van der Waals surface area contributed by atoms with Gasteiger partial charge < -0.3 is 19.5 Å². The standard InChI is InChI=1S/C24H24FN5O4/c1-15-4-9-19(20(14-15)32-3)34-16(2)24(31)26-12-13-33-22-11-10-21-27-28-23(30(21)29-22)17-5-7-18(25)8-6-17/h4-11,14,16H,12-13H2,1-3H3,(H,26,31). The highest BCUT2D eigenvalue weighted by Gasteiger charge is 2.17. The third-order valence-electron chi connectivity index (χ3n) is 4.98. The molecule has 0 saturated heterocycles. The molecule has 1 N–H and O–H groups in total. The van der Waals surface area contributed by atoms with E-state index in [1.807, 2.05) is 19.1 Å². The number of hydrogen-bond donors (Lipinski definition) is 1. The molecule has 176 valence electrons. The molecule has 0 aliphatic carbocycles. The van der Waals surface area contributed by atoms with E-state index in [4.69, 9.17) is 14.2 Å². The van der Waals surface area contributed by atoms with Crippen molar-refractivity contribution in [1.82, 2.24) is 25.1 Å². The molecule has 4 aromatic rings. The van der Waals surface area contributed by atoms with Crippen molar-refractivity contribution in [1.29, 1.82) is 0 Å². The van der Waals surface area contributed by atoms with E-state index in [1.165, 1.54) is 16.6 Å². The summed E-state index contributed by atoms with van der Waals surface area (Å²) in [5.41, 5.74) is 2.23. The Morgan fingerprint density at radius 1 is 1.09 bits per heavy atom. The maximum atomic E-state index is 13.2. The molecular weight excluding hydrogens is 441 g/mol. The molecular formula is C24H24FN5O4. The van der Waals surface area contributed by atoms with Gasteiger partial charge in [-0.2, -0.15) is 4.52 Å². The molecule has 1 atom stereocenters. The molecule has 2 aromatic carbocycles. The first-order valence-electron chi connectivity index (χ1n) is 10.6. The van der Waals surface area contributed by atoms with Crippen LogP contribution in [-0.4, -0.2) is 52.1 Å². The average Bonchev–Trinajstić information content (AvgIpc) is 3.26. The van der Waals surface area contributed by atoms with Gasteiger partial charge in [-0.05, 0) is 61.9 Å². The molecule has 34 heavy (non-hydrogen) atoms. The molecule has 0 aliphatic heterocycles. The van der Waals surface area contributed by atoms with E-state index < -0.39 is 6.10 Å². The minimum Gasteiger partial charge on any atom is -0.493 e. The van der Waals surface area contributed by atoms with Crippen LogP contribution in [0.4, 0.5) is 4.39 Å². The largest absolute Gasteiger partial charge is 0.493 e. The molecule has 2 heterocycles. The zero-order valence-corrected chi connectivity index (χ0v) is 19.0. The van der Waals surface area contributed by atoms with Crippen LogP contribution in [0, 0.1) is 12.7 Å². The number of nitrogens with zero attached hydrogens (tertiary/aromatic N) is 4. The summed E-state index contributed by atoms with van der Waals surface area (Å²) in [7, 11) is 1.55. The van der Waals surface area contributed by atoms with Crippen molar-refractivity contribution in [2.45, 2.75) is 20.0 Å². The number of halogens is 1. The second-order valence-corrected chi connectivity index (χ2v) is 7.53. The predicted molar refractivity (Wildman–Crippen MR) is 123 cm³/mol. The van der Waals surface area contributed by atoms with Crippen LogP contribution >= 0.6 is 0 Å². The number of carbonyl (C=O) groups is 1. The molecule has 0 fully saturated rings. The maximum Gasteiger partial charge on any atom is 0.260 e. The smallest absolute Gasteiger partial charge is 0.260 e. The van der Waals surface area contributed by atoms with E-state index in [0.717, 1.165) is 5.56 Å². The number of nitrogens with one attached hydrogen (secondary N) is 1. The zero-order chi connectivity index (χ0) is 24.1. The van der Waals surface area contributed by atoms with Crippen LogP contribution in [-0.2, 0) is 4.79 Å². The number of hydrogen-bond acceptors (Lipinski definition) is 7. The van der Waals surface area contributed by atoms with Crippen LogP contribution in [0.2, 0.25) is 0 Å². The first kappa shape index (κ1) is 23.0. The Morgan fingerprint density at radius 2 is 1.88 bits per heavy atom. The van der Waals surface area contributed by atoms with E-state index in [9.17, 15) is 9.18 Å². The maximum absolute atomic E-state index is 13.2. The van der Waals surface area contributed by atoms with Crippen molar-refractivity contribution < 1.29 is 23.4 Å². The Balaban J connectivity index is 1.32. The number of aryl methyl sites for hydroxylation is 1. The summed E-state index contributed by atoms with van der Waals surface area (Å²) in [4.78, 5) is 12.4. The lowest BCUT2D eigenvalue weighted by atomic mass is 10.2. The average molecular weight is 465 g/mol. The summed E-state index contributed by atoms with van der Waals surface area (Å²) >= 11 is 0. The van der Waals surface area contributed by atoms with Crippen LogP contribution in [0.1, 0.15) is 12.5 Å². The number of carbonyl (C=O) groups excluding carboxylic acids is 1. The highest BCUT2D eigenvalue weighted by atomic mass is 19.1. The molecule has 2 aromatic heterocycles. The van der Waals surface area contributed by atoms with Crippen LogP contribution in [0.5, 0.6) is 17.4 Å². The SMILES string of the molecule is COc1cc(C)ccc1OC(C)C(=O)NCCOc1ccc2nnc(-c3ccc(F)cc3)n2n1. The molecule has 0 radical (unpaired) electrons. The van der Waals surface area contributed by atoms with Gasteiger partial charge in [0.2, 0.25) is 5.88 Å². The zero-order valence-electron chi connectivity index (χ0n) is 19.0. The predicted octanol–water partition coefficient (Wildman–Crippen LogP) is 3.21. The lowest BCUT2D eigenvalue weighted by Gasteiger charge is -2.17. The molecule has 1 unspecified atom stereocenters. The van der Waals surface area contributed by atoms with Crippen LogP contribution in [0.15, 0.2) is 54.6 Å². The van der Waals surface area contributed by atoms with Crippen molar-refractivity contribution in [3.63, 3.8) is 0 Å². The summed E-state index contributed by atoms with van der Waals surface area (Å²) in [6, 6.07) is 14.8. The number of amides is 1. The molecule has 4 rings (SSSR count). The van der Waals surface area contributed by atoms with Crippen molar-refractivity contribution in [2.75, 3.05) is 20.3 Å². The van der Waals surface area contributed by atoms with Crippen LogP contribution in [0.25, 0.3) is 17.0 Å². The number of ether oxygens (including phenoxy) is 3. The van der Waals surface area contributed by atoms with Gasteiger partial charge in [-0.1, -0.05) is 6.07 Å². The lowest BCUT2D eigenvalue weighted by Crippen LogP contribution is -2.38. The van der Waals surface area contributed by atoms with Gasteiger partial charge in [0.1, 0.15) is 12.4 Å². The Bertz CT molecular complexity index is 1290. The molecule has 0 aliphatic rings. The van der Waals surface area contributed by atoms with Crippen molar-refractivity contribution in [2.24, 2.45) is 0 Å². The monoisotopic (exact) mass is 465 g/mol. The Kier molecular flexibility index (Phi) is 6.86. The van der Waals surface area contributed by atoms with Gasteiger partial charge in [-0.15, -0.1) is 15.3 Å². The molecule has 9 nitrogen and oxygen atoms in total. The third-order valence-corrected chi connectivity index (χ3v) is 4.98. The third kappa shape index (κ3) is 5.22. The van der Waals surface area contributed by atoms with Gasteiger partial charge >= 0.3 is 0 Å². The van der Waals surface area contributed by atoms with E-state index in [1.54, 1.807) is 44.4 Å². The van der Waals surface area contributed by atoms with E-state index in [-0.39, 0.29) is 24.9 Å². The van der Waals surface area contributed by atoms with Gasteiger partial charge in [-0.3, -0.25) is 4.79 Å². The summed E-state index contributed by atoms with van der Waals surface area (Å²) < 4.78 is 31.5. The number of methoxy groups -OCH3 is 1. The minimum absolute atomic E-state index is 0.193. The van der Waals surface area contributed by atoms with E-state index in [0.29, 0.717) is 34.4 Å². The van der Waals surface area contributed by atoms with Crippen LogP contribution < -0.4 is 19.5 Å². The van der Waals surface area contributed by atoms with Crippen molar-refractivity contribution >= 4 is 11.6 Å². The van der Waals surface area contributed by atoms with Gasteiger partial charge in [0.25, 0.3) is 5.91 Å². The first-order valence-corrected chi connectivity index (χ1v) is 10.6. The Labute approximate surface area is 195 Å². The highest BCUT2D eigenvalue weighted by Crippen LogP contribution is 2.28. The fourth-order valence-electron chi connectivity index (χ4n) is 3.22. The summed E-state index contributed by atoms with van der Waals surface area (Å²) in [5.74, 6) is 1.24. The summed E-state index contributed by atoms with van der Waals surface area (Å²) in [6.45, 7) is 4.05.